The summed E-state index contributed by atoms with van der Waals surface area (Å²) in [6.07, 6.45) is 51.5. The van der Waals surface area contributed by atoms with E-state index in [9.17, 15) is 28.8 Å². The third-order valence-corrected chi connectivity index (χ3v) is 20.3. The first-order valence-electron chi connectivity index (χ1n) is 43.4. The van der Waals surface area contributed by atoms with Crippen molar-refractivity contribution in [1.29, 1.82) is 0 Å². The van der Waals surface area contributed by atoms with Crippen molar-refractivity contribution in [1.82, 2.24) is 25.3 Å². The molecule has 2 N–H and O–H groups in total. The second-order valence-corrected chi connectivity index (χ2v) is 30.2. The van der Waals surface area contributed by atoms with Crippen LogP contribution in [0.3, 0.4) is 0 Å². The molecule has 0 radical (unpaired) electrons. The summed E-state index contributed by atoms with van der Waals surface area (Å²) in [5, 5.41) is 6.38. The fourth-order valence-corrected chi connectivity index (χ4v) is 13.5. The van der Waals surface area contributed by atoms with Gasteiger partial charge in [0.2, 0.25) is 0 Å². The maximum absolute atomic E-state index is 14.0. The molecule has 0 fully saturated rings. The molecule has 1 aromatic carbocycles. The normalized spacial score (nSPS) is 12.7. The molecule has 0 saturated carbocycles. The van der Waals surface area contributed by atoms with Crippen LogP contribution in [0.4, 0.5) is 0 Å². The van der Waals surface area contributed by atoms with Gasteiger partial charge in [0, 0.05) is 56.4 Å². The number of rotatable bonds is 75. The van der Waals surface area contributed by atoms with Crippen LogP contribution in [0, 0.1) is 0 Å². The van der Waals surface area contributed by atoms with E-state index in [1.54, 1.807) is 18.2 Å². The largest absolute Gasteiger partial charge is 0.493 e. The molecule has 16 nitrogen and oxygen atoms in total. The lowest BCUT2D eigenvalue weighted by atomic mass is 10.1. The van der Waals surface area contributed by atoms with Crippen LogP contribution in [-0.4, -0.2) is 154 Å². The third kappa shape index (κ3) is 57.6. The molecule has 16 heteroatoms. The minimum Gasteiger partial charge on any atom is -0.493 e. The Bertz CT molecular complexity index is 1960. The first kappa shape index (κ1) is 96.7. The Hall–Kier alpha value is -4.28. The number of nitrogens with one attached hydrogen (secondary N) is 2. The highest BCUT2D eigenvalue weighted by atomic mass is 16.6. The van der Waals surface area contributed by atoms with E-state index in [4.69, 9.17) is 23.7 Å². The summed E-state index contributed by atoms with van der Waals surface area (Å²) in [6, 6.07) is 5.23. The smallest absolute Gasteiger partial charge is 0.306 e. The molecule has 600 valence electrons. The molecule has 0 aliphatic heterocycles. The van der Waals surface area contributed by atoms with Gasteiger partial charge in [-0.3, -0.25) is 28.8 Å². The van der Waals surface area contributed by atoms with Crippen LogP contribution in [0.1, 0.15) is 404 Å². The molecule has 4 atom stereocenters. The number of carbonyl (C=O) groups excluding carboxylic acids is 6. The van der Waals surface area contributed by atoms with Crippen molar-refractivity contribution >= 4 is 35.7 Å². The first-order chi connectivity index (χ1) is 50.1. The molecule has 103 heavy (non-hydrogen) atoms. The number of carbonyl (C=O) groups is 6. The zero-order chi connectivity index (χ0) is 75.4. The van der Waals surface area contributed by atoms with Crippen LogP contribution in [-0.2, 0) is 38.1 Å². The van der Waals surface area contributed by atoms with Gasteiger partial charge in [-0.15, -0.1) is 0 Å². The molecule has 2 amide bonds. The summed E-state index contributed by atoms with van der Waals surface area (Å²) in [5.41, 5.74) is 0.822. The standard InChI is InChI=1S/C87H161N5O11/c1-11-19-39-54-77(15-5)100-82(93)58-43-31-23-27-35-47-65-91(66-48-36-28-24-32-44-59-83(94)101-78(16-6)55-40-20-12-2)69-51-62-88-86(97)75-72-76(74-81(73-75)99-71-53-64-90(9)10)87(98)89-63-52-70-92(67-49-37-29-25-33-45-60-84(95)102-79(17-7)56-41-21-13-3)68-50-38-30-26-34-46-61-85(96)103-80(18-8)57-42-22-14-4/h72-74,77-80H,11-71H2,1-10H3,(H,88,97)(H,89,98). The summed E-state index contributed by atoms with van der Waals surface area (Å²) in [5.74, 6) is -0.120. The van der Waals surface area contributed by atoms with E-state index in [0.29, 0.717) is 62.3 Å². The molecule has 4 unspecified atom stereocenters. The van der Waals surface area contributed by atoms with Gasteiger partial charge < -0.3 is 49.0 Å². The fraction of sp³-hybridized carbons (Fsp3) is 0.862. The fourth-order valence-electron chi connectivity index (χ4n) is 13.5. The van der Waals surface area contributed by atoms with Crippen molar-refractivity contribution in [2.75, 3.05) is 79.6 Å². The number of unbranched alkanes of at least 4 members (excludes halogenated alkanes) is 28. The maximum Gasteiger partial charge on any atom is 0.306 e. The van der Waals surface area contributed by atoms with Gasteiger partial charge in [-0.25, -0.2) is 0 Å². The molecule has 0 heterocycles. The van der Waals surface area contributed by atoms with E-state index in [2.05, 4.69) is 80.7 Å². The highest BCUT2D eigenvalue weighted by Gasteiger charge is 2.19. The second kappa shape index (κ2) is 69.5. The summed E-state index contributed by atoms with van der Waals surface area (Å²) in [7, 11) is 4.07. The Morgan fingerprint density at radius 3 is 0.835 bits per heavy atom. The molecule has 0 spiro atoms. The van der Waals surface area contributed by atoms with Gasteiger partial charge in [0.15, 0.2) is 0 Å². The third-order valence-electron chi connectivity index (χ3n) is 20.3. The molecule has 0 saturated heterocycles. The monoisotopic (exact) mass is 1450 g/mol. The van der Waals surface area contributed by atoms with E-state index in [0.717, 1.165) is 296 Å². The number of ether oxygens (including phenoxy) is 5. The Balaban J connectivity index is 2.98. The molecule has 0 aromatic heterocycles. The first-order valence-corrected chi connectivity index (χ1v) is 43.4. The summed E-state index contributed by atoms with van der Waals surface area (Å²) >= 11 is 0. The number of hydrogen-bond acceptors (Lipinski definition) is 14. The number of nitrogens with zero attached hydrogens (tertiary/aromatic N) is 3. The quantitative estimate of drug-likeness (QED) is 0.0357. The van der Waals surface area contributed by atoms with Crippen molar-refractivity contribution in [2.45, 2.75) is 407 Å². The average Bonchev–Trinajstić information content (AvgIpc) is 0.840. The molecule has 1 aromatic rings. The van der Waals surface area contributed by atoms with Crippen molar-refractivity contribution in [3.8, 4) is 5.75 Å². The molecular weight excluding hydrogens is 1290 g/mol. The minimum atomic E-state index is -0.220. The lowest BCUT2D eigenvalue weighted by Crippen LogP contribution is -2.32. The predicted molar refractivity (Wildman–Crippen MR) is 428 cm³/mol. The molecule has 1 rings (SSSR count). The van der Waals surface area contributed by atoms with Gasteiger partial charge in [0.05, 0.1) is 6.61 Å². The minimum absolute atomic E-state index is 0.0479. The maximum atomic E-state index is 14.0. The molecular formula is C87H161N5O11. The summed E-state index contributed by atoms with van der Waals surface area (Å²) in [6.45, 7) is 25.3. The zero-order valence-corrected chi connectivity index (χ0v) is 68.5. The van der Waals surface area contributed by atoms with E-state index >= 15 is 0 Å². The number of esters is 4. The van der Waals surface area contributed by atoms with Crippen molar-refractivity contribution < 1.29 is 52.5 Å². The van der Waals surface area contributed by atoms with E-state index in [1.807, 2.05) is 14.1 Å². The Morgan fingerprint density at radius 2 is 0.573 bits per heavy atom. The average molecular weight is 1450 g/mol. The number of amides is 2. The van der Waals surface area contributed by atoms with Gasteiger partial charge >= 0.3 is 23.9 Å². The van der Waals surface area contributed by atoms with Gasteiger partial charge in [0.1, 0.15) is 30.2 Å². The predicted octanol–water partition coefficient (Wildman–Crippen LogP) is 21.4. The van der Waals surface area contributed by atoms with E-state index < -0.39 is 0 Å². The van der Waals surface area contributed by atoms with Gasteiger partial charge in [0.25, 0.3) is 11.8 Å². The highest BCUT2D eigenvalue weighted by molar-refractivity contribution is 6.00. The topological polar surface area (TPSA) is 182 Å². The lowest BCUT2D eigenvalue weighted by Gasteiger charge is -2.22. The summed E-state index contributed by atoms with van der Waals surface area (Å²) < 4.78 is 29.4. The lowest BCUT2D eigenvalue weighted by molar-refractivity contribution is -0.150. The van der Waals surface area contributed by atoms with Crippen LogP contribution >= 0.6 is 0 Å². The second-order valence-electron chi connectivity index (χ2n) is 30.2. The van der Waals surface area contributed by atoms with Crippen molar-refractivity contribution in [3.05, 3.63) is 29.3 Å². The van der Waals surface area contributed by atoms with E-state index in [1.165, 1.54) is 51.4 Å². The van der Waals surface area contributed by atoms with Crippen LogP contribution < -0.4 is 15.4 Å². The van der Waals surface area contributed by atoms with Crippen molar-refractivity contribution in [3.63, 3.8) is 0 Å². The Morgan fingerprint density at radius 1 is 0.311 bits per heavy atom. The Kier molecular flexibility index (Phi) is 65.2. The van der Waals surface area contributed by atoms with Gasteiger partial charge in [-0.05, 0) is 219 Å². The highest BCUT2D eigenvalue weighted by Crippen LogP contribution is 2.22. The summed E-state index contributed by atoms with van der Waals surface area (Å²) in [4.78, 5) is 85.7. The van der Waals surface area contributed by atoms with Crippen LogP contribution in [0.5, 0.6) is 5.75 Å². The van der Waals surface area contributed by atoms with Crippen LogP contribution in [0.2, 0.25) is 0 Å². The number of benzene rings is 1. The number of hydrogen-bond donors (Lipinski definition) is 2. The molecule has 0 bridgehead atoms. The molecule has 0 aliphatic carbocycles. The zero-order valence-electron chi connectivity index (χ0n) is 68.5. The van der Waals surface area contributed by atoms with Gasteiger partial charge in [-0.1, -0.05) is 209 Å². The molecule has 0 aliphatic rings. The van der Waals surface area contributed by atoms with Crippen LogP contribution in [0.25, 0.3) is 0 Å². The van der Waals surface area contributed by atoms with Crippen LogP contribution in [0.15, 0.2) is 18.2 Å². The van der Waals surface area contributed by atoms with E-state index in [-0.39, 0.29) is 60.1 Å². The van der Waals surface area contributed by atoms with Gasteiger partial charge in [-0.2, -0.15) is 0 Å². The van der Waals surface area contributed by atoms with Crippen molar-refractivity contribution in [2.24, 2.45) is 0 Å². The SMILES string of the molecule is CCCCCC(CC)OC(=O)CCCCCCCCN(CCCCCCCCC(=O)OC(CC)CCCCC)CCCNC(=O)c1cc(OCCCN(C)C)cc(C(=O)NCCCN(CCCCCCCCC(=O)OC(CC)CCCCC)CCCCCCCCC(=O)OC(CC)CCCCC)c1. The Labute approximate surface area is 632 Å².